The van der Waals surface area contributed by atoms with Gasteiger partial charge in [0.05, 0.1) is 6.61 Å². The van der Waals surface area contributed by atoms with Crippen molar-refractivity contribution >= 4 is 6.03 Å². The van der Waals surface area contributed by atoms with E-state index >= 15 is 0 Å². The second-order valence-corrected chi connectivity index (χ2v) is 6.88. The van der Waals surface area contributed by atoms with Gasteiger partial charge in [-0.3, -0.25) is 0 Å². The van der Waals surface area contributed by atoms with Crippen LogP contribution in [0.3, 0.4) is 0 Å². The normalized spacial score (nSPS) is 17.0. The molecule has 6 nitrogen and oxygen atoms in total. The van der Waals surface area contributed by atoms with Gasteiger partial charge in [0, 0.05) is 25.6 Å². The van der Waals surface area contributed by atoms with Crippen LogP contribution in [0.2, 0.25) is 0 Å². The Hall–Kier alpha value is -2.89. The monoisotopic (exact) mass is 368 g/mol. The maximum absolute atomic E-state index is 12.6. The summed E-state index contributed by atoms with van der Waals surface area (Å²) >= 11 is 0. The van der Waals surface area contributed by atoms with E-state index in [-0.39, 0.29) is 18.7 Å². The molecule has 1 unspecified atom stereocenters. The molecular formula is C21H24N2O4. The van der Waals surface area contributed by atoms with Crippen molar-refractivity contribution in [2.24, 2.45) is 5.92 Å². The fourth-order valence-corrected chi connectivity index (χ4v) is 3.45. The van der Waals surface area contributed by atoms with Crippen molar-refractivity contribution in [1.29, 1.82) is 0 Å². The Morgan fingerprint density at radius 1 is 1.11 bits per heavy atom. The molecule has 0 saturated carbocycles. The second-order valence-electron chi connectivity index (χ2n) is 6.88. The zero-order chi connectivity index (χ0) is 18.6. The number of para-hydroxylation sites is 1. The standard InChI is InChI=1S/C21H24N2O4/c1-2-23(12-15-7-8-19-20(10-15)27-14-26-19)21(24)22-11-16-9-17-5-3-4-6-18(17)25-13-16/h3-8,10,16H,2,9,11-14H2,1H3,(H,22,24). The predicted molar refractivity (Wildman–Crippen MR) is 101 cm³/mol. The Kier molecular flexibility index (Phi) is 5.05. The molecule has 1 atom stereocenters. The minimum atomic E-state index is -0.0611. The van der Waals surface area contributed by atoms with E-state index in [0.717, 1.165) is 29.2 Å². The van der Waals surface area contributed by atoms with E-state index in [2.05, 4.69) is 11.4 Å². The van der Waals surface area contributed by atoms with Gasteiger partial charge in [0.2, 0.25) is 6.79 Å². The molecule has 1 N–H and O–H groups in total. The smallest absolute Gasteiger partial charge is 0.317 e. The molecule has 2 aromatic rings. The molecule has 27 heavy (non-hydrogen) atoms. The number of fused-ring (bicyclic) bond motifs is 2. The van der Waals surface area contributed by atoms with Gasteiger partial charge in [-0.25, -0.2) is 4.79 Å². The average Bonchev–Trinajstić information content (AvgIpc) is 3.18. The van der Waals surface area contributed by atoms with Gasteiger partial charge in [0.1, 0.15) is 5.75 Å². The van der Waals surface area contributed by atoms with E-state index in [1.807, 2.05) is 43.3 Å². The zero-order valence-corrected chi connectivity index (χ0v) is 15.4. The topological polar surface area (TPSA) is 60.0 Å². The number of amides is 2. The van der Waals surface area contributed by atoms with Gasteiger partial charge >= 0.3 is 6.03 Å². The molecule has 2 aliphatic rings. The Morgan fingerprint density at radius 2 is 1.96 bits per heavy atom. The van der Waals surface area contributed by atoms with Crippen molar-refractivity contribution in [2.45, 2.75) is 19.9 Å². The van der Waals surface area contributed by atoms with Gasteiger partial charge in [-0.1, -0.05) is 24.3 Å². The molecule has 0 fully saturated rings. The van der Waals surface area contributed by atoms with E-state index in [4.69, 9.17) is 14.2 Å². The summed E-state index contributed by atoms with van der Waals surface area (Å²) in [4.78, 5) is 14.4. The number of benzene rings is 2. The third-order valence-electron chi connectivity index (χ3n) is 4.98. The number of hydrogen-bond acceptors (Lipinski definition) is 4. The van der Waals surface area contributed by atoms with Crippen molar-refractivity contribution in [3.63, 3.8) is 0 Å². The summed E-state index contributed by atoms with van der Waals surface area (Å²) in [5.41, 5.74) is 2.22. The van der Waals surface area contributed by atoms with E-state index in [9.17, 15) is 4.79 Å². The molecule has 0 aliphatic carbocycles. The highest BCUT2D eigenvalue weighted by molar-refractivity contribution is 5.74. The molecule has 2 heterocycles. The molecule has 0 bridgehead atoms. The molecule has 2 aliphatic heterocycles. The van der Waals surface area contributed by atoms with E-state index < -0.39 is 0 Å². The summed E-state index contributed by atoms with van der Waals surface area (Å²) in [6, 6.07) is 13.8. The van der Waals surface area contributed by atoms with Gasteiger partial charge in [0.25, 0.3) is 0 Å². The lowest BCUT2D eigenvalue weighted by atomic mass is 9.97. The van der Waals surface area contributed by atoms with Gasteiger partial charge in [-0.15, -0.1) is 0 Å². The quantitative estimate of drug-likeness (QED) is 0.880. The maximum Gasteiger partial charge on any atom is 0.317 e. The first-order chi connectivity index (χ1) is 13.2. The Bertz CT molecular complexity index is 824. The van der Waals surface area contributed by atoms with Crippen LogP contribution in [0.4, 0.5) is 4.79 Å². The Morgan fingerprint density at radius 3 is 2.85 bits per heavy atom. The first-order valence-electron chi connectivity index (χ1n) is 9.35. The van der Waals surface area contributed by atoms with Crippen LogP contribution < -0.4 is 19.5 Å². The molecule has 4 rings (SSSR count). The third kappa shape index (κ3) is 3.94. The van der Waals surface area contributed by atoms with Gasteiger partial charge in [-0.2, -0.15) is 0 Å². The van der Waals surface area contributed by atoms with Crippen LogP contribution in [0.5, 0.6) is 17.2 Å². The highest BCUT2D eigenvalue weighted by Gasteiger charge is 2.21. The van der Waals surface area contributed by atoms with E-state index in [0.29, 0.717) is 26.2 Å². The lowest BCUT2D eigenvalue weighted by Gasteiger charge is -2.27. The van der Waals surface area contributed by atoms with Crippen LogP contribution in [0.25, 0.3) is 0 Å². The van der Waals surface area contributed by atoms with Gasteiger partial charge in [-0.05, 0) is 42.7 Å². The van der Waals surface area contributed by atoms with E-state index in [1.165, 1.54) is 5.56 Å². The highest BCUT2D eigenvalue weighted by atomic mass is 16.7. The number of urea groups is 1. The second kappa shape index (κ2) is 7.78. The lowest BCUT2D eigenvalue weighted by Crippen LogP contribution is -2.43. The van der Waals surface area contributed by atoms with Crippen molar-refractivity contribution in [1.82, 2.24) is 10.2 Å². The summed E-state index contributed by atoms with van der Waals surface area (Å²) in [5, 5.41) is 3.06. The first kappa shape index (κ1) is 17.5. The fraction of sp³-hybridized carbons (Fsp3) is 0.381. The van der Waals surface area contributed by atoms with Crippen LogP contribution in [0.15, 0.2) is 42.5 Å². The molecule has 6 heteroatoms. The number of rotatable bonds is 5. The molecule has 2 aromatic carbocycles. The number of nitrogens with zero attached hydrogens (tertiary/aromatic N) is 1. The van der Waals surface area contributed by atoms with Gasteiger partial charge < -0.3 is 24.4 Å². The van der Waals surface area contributed by atoms with Crippen LogP contribution in [0, 0.1) is 5.92 Å². The summed E-state index contributed by atoms with van der Waals surface area (Å²) < 4.78 is 16.6. The number of carbonyl (C=O) groups excluding carboxylic acids is 1. The van der Waals surface area contributed by atoms with Crippen LogP contribution in [-0.2, 0) is 13.0 Å². The maximum atomic E-state index is 12.6. The van der Waals surface area contributed by atoms with Gasteiger partial charge in [0.15, 0.2) is 11.5 Å². The molecule has 0 radical (unpaired) electrons. The van der Waals surface area contributed by atoms with Crippen molar-refractivity contribution in [3.05, 3.63) is 53.6 Å². The van der Waals surface area contributed by atoms with Crippen molar-refractivity contribution in [2.75, 3.05) is 26.5 Å². The van der Waals surface area contributed by atoms with Crippen molar-refractivity contribution < 1.29 is 19.0 Å². The molecule has 142 valence electrons. The largest absolute Gasteiger partial charge is 0.493 e. The molecule has 2 amide bonds. The summed E-state index contributed by atoms with van der Waals surface area (Å²) in [5.74, 6) is 2.73. The fourth-order valence-electron chi connectivity index (χ4n) is 3.45. The van der Waals surface area contributed by atoms with Crippen molar-refractivity contribution in [3.8, 4) is 17.2 Å². The Balaban J connectivity index is 1.31. The van der Waals surface area contributed by atoms with Crippen LogP contribution in [-0.4, -0.2) is 37.4 Å². The SMILES string of the molecule is CCN(Cc1ccc2c(c1)OCO2)C(=O)NCC1COc2ccccc2C1. The number of ether oxygens (including phenoxy) is 3. The van der Waals surface area contributed by atoms with E-state index in [1.54, 1.807) is 4.90 Å². The third-order valence-corrected chi connectivity index (χ3v) is 4.98. The molecular weight excluding hydrogens is 344 g/mol. The first-order valence-corrected chi connectivity index (χ1v) is 9.35. The average molecular weight is 368 g/mol. The minimum absolute atomic E-state index is 0.0611. The number of hydrogen-bond donors (Lipinski definition) is 1. The lowest BCUT2D eigenvalue weighted by molar-refractivity contribution is 0.173. The number of carbonyl (C=O) groups is 1. The predicted octanol–water partition coefficient (Wildman–Crippen LogP) is 3.20. The zero-order valence-electron chi connectivity index (χ0n) is 15.4. The summed E-state index contributed by atoms with van der Waals surface area (Å²) in [6.45, 7) is 4.62. The van der Waals surface area contributed by atoms with Crippen LogP contribution in [0.1, 0.15) is 18.1 Å². The highest BCUT2D eigenvalue weighted by Crippen LogP contribution is 2.32. The molecule has 0 saturated heterocycles. The Labute approximate surface area is 159 Å². The minimum Gasteiger partial charge on any atom is -0.493 e. The summed E-state index contributed by atoms with van der Waals surface area (Å²) in [6.07, 6.45) is 0.921. The molecule has 0 aromatic heterocycles. The molecule has 0 spiro atoms. The number of nitrogens with one attached hydrogen (secondary N) is 1. The van der Waals surface area contributed by atoms with Crippen LogP contribution >= 0.6 is 0 Å². The summed E-state index contributed by atoms with van der Waals surface area (Å²) in [7, 11) is 0.